The lowest BCUT2D eigenvalue weighted by molar-refractivity contribution is 0.105. The zero-order valence-corrected chi connectivity index (χ0v) is 15.2. The molecule has 2 aliphatic carbocycles. The molecule has 2 aliphatic rings. The van der Waals surface area contributed by atoms with Gasteiger partial charge in [-0.25, -0.2) is 0 Å². The second-order valence-corrected chi connectivity index (χ2v) is 6.85. The number of hydrogen-bond donors (Lipinski definition) is 0. The first-order valence-corrected chi connectivity index (χ1v) is 8.40. The Morgan fingerprint density at radius 2 is 1.72 bits per heavy atom. The van der Waals surface area contributed by atoms with Crippen LogP contribution in [0, 0.1) is 13.8 Å². The Bertz CT molecular complexity index is 1020. The minimum Gasteiger partial charge on any atom is -0.378 e. The van der Waals surface area contributed by atoms with E-state index in [-0.39, 0.29) is 5.78 Å². The molecular weight excluding hydrogens is 310 g/mol. The van der Waals surface area contributed by atoms with Gasteiger partial charge in [-0.15, -0.1) is 0 Å². The van der Waals surface area contributed by atoms with Gasteiger partial charge in [0.05, 0.1) is 5.69 Å². The average molecular weight is 331 g/mol. The molecule has 25 heavy (non-hydrogen) atoms. The molecule has 1 heterocycles. The van der Waals surface area contributed by atoms with E-state index in [0.29, 0.717) is 0 Å². The number of allylic oxidation sites excluding steroid dienone is 5. The minimum atomic E-state index is 0.0817. The molecule has 1 aromatic carbocycles. The molecule has 0 atom stereocenters. The van der Waals surface area contributed by atoms with Crippen molar-refractivity contribution in [3.63, 3.8) is 0 Å². The largest absolute Gasteiger partial charge is 0.378 e. The number of Topliss-reactive ketones (excluding diaryl/α,β-unsaturated/α-hetero) is 1. The summed E-state index contributed by atoms with van der Waals surface area (Å²) in [4.78, 5) is 15.5. The number of ketones is 1. The van der Waals surface area contributed by atoms with Gasteiger partial charge in [0, 0.05) is 49.2 Å². The van der Waals surface area contributed by atoms with E-state index in [2.05, 4.69) is 22.2 Å². The van der Waals surface area contributed by atoms with Crippen molar-refractivity contribution >= 4 is 16.9 Å². The van der Waals surface area contributed by atoms with Gasteiger partial charge in [0.15, 0.2) is 5.78 Å². The smallest absolute Gasteiger partial charge is 0.195 e. The number of benzene rings is 1. The van der Waals surface area contributed by atoms with Gasteiger partial charge in [-0.2, -0.15) is 5.10 Å². The predicted octanol–water partition coefficient (Wildman–Crippen LogP) is 3.53. The van der Waals surface area contributed by atoms with E-state index in [1.165, 1.54) is 0 Å². The van der Waals surface area contributed by atoms with Crippen LogP contribution in [0.3, 0.4) is 0 Å². The molecule has 0 bridgehead atoms. The molecule has 4 heteroatoms. The van der Waals surface area contributed by atoms with Crippen LogP contribution in [0.15, 0.2) is 47.7 Å². The summed E-state index contributed by atoms with van der Waals surface area (Å²) in [5, 5.41) is 4.52. The fourth-order valence-corrected chi connectivity index (χ4v) is 3.74. The quantitative estimate of drug-likeness (QED) is 0.845. The van der Waals surface area contributed by atoms with E-state index in [1.807, 2.05) is 63.9 Å². The van der Waals surface area contributed by atoms with Gasteiger partial charge in [-0.1, -0.05) is 24.3 Å². The molecule has 0 aliphatic heterocycles. The van der Waals surface area contributed by atoms with Crippen molar-refractivity contribution in [3.05, 3.63) is 75.8 Å². The third kappa shape index (κ3) is 2.14. The van der Waals surface area contributed by atoms with Crippen LogP contribution < -0.4 is 0 Å². The fourth-order valence-electron chi connectivity index (χ4n) is 3.74. The van der Waals surface area contributed by atoms with Gasteiger partial charge >= 0.3 is 0 Å². The molecule has 4 nitrogen and oxygen atoms in total. The van der Waals surface area contributed by atoms with Gasteiger partial charge in [-0.3, -0.25) is 9.48 Å². The molecule has 0 saturated carbocycles. The Kier molecular flexibility index (Phi) is 3.32. The van der Waals surface area contributed by atoms with Crippen molar-refractivity contribution < 1.29 is 4.79 Å². The van der Waals surface area contributed by atoms with Crippen LogP contribution in [0.2, 0.25) is 0 Å². The summed E-state index contributed by atoms with van der Waals surface area (Å²) in [7, 11) is 5.97. The highest BCUT2D eigenvalue weighted by molar-refractivity contribution is 6.36. The lowest BCUT2D eigenvalue weighted by atomic mass is 9.79. The van der Waals surface area contributed by atoms with Crippen molar-refractivity contribution in [3.8, 4) is 0 Å². The normalized spacial score (nSPS) is 15.8. The summed E-state index contributed by atoms with van der Waals surface area (Å²) in [6.45, 7) is 3.99. The molecular formula is C21H21N3O. The van der Waals surface area contributed by atoms with E-state index >= 15 is 0 Å². The van der Waals surface area contributed by atoms with Crippen molar-refractivity contribution in [1.82, 2.24) is 14.7 Å². The Labute approximate surface area is 147 Å². The molecule has 0 saturated heterocycles. The van der Waals surface area contributed by atoms with E-state index in [0.717, 1.165) is 50.5 Å². The SMILES string of the molecule is Cc1nn(C)c(C)c1C1=C2C=C(N(C)C)C=C2c2ccccc2C1=O. The highest BCUT2D eigenvalue weighted by atomic mass is 16.1. The van der Waals surface area contributed by atoms with Gasteiger partial charge < -0.3 is 4.90 Å². The van der Waals surface area contributed by atoms with Crippen molar-refractivity contribution in [1.29, 1.82) is 0 Å². The molecule has 0 spiro atoms. The summed E-state index contributed by atoms with van der Waals surface area (Å²) >= 11 is 0. The third-order valence-electron chi connectivity index (χ3n) is 5.11. The summed E-state index contributed by atoms with van der Waals surface area (Å²) in [5.41, 5.74) is 8.64. The predicted molar refractivity (Wildman–Crippen MR) is 100 cm³/mol. The first-order valence-electron chi connectivity index (χ1n) is 8.40. The number of likely N-dealkylation sites (N-methyl/N-ethyl adjacent to an activating group) is 1. The van der Waals surface area contributed by atoms with Gasteiger partial charge in [0.2, 0.25) is 0 Å². The second-order valence-electron chi connectivity index (χ2n) is 6.85. The zero-order valence-electron chi connectivity index (χ0n) is 15.2. The van der Waals surface area contributed by atoms with E-state index < -0.39 is 0 Å². The summed E-state index contributed by atoms with van der Waals surface area (Å²) in [6, 6.07) is 7.87. The summed E-state index contributed by atoms with van der Waals surface area (Å²) < 4.78 is 1.85. The minimum absolute atomic E-state index is 0.0817. The molecule has 0 unspecified atom stereocenters. The number of carbonyl (C=O) groups excluding carboxylic acids is 1. The monoisotopic (exact) mass is 331 g/mol. The lowest BCUT2D eigenvalue weighted by Gasteiger charge is -2.21. The number of hydrogen-bond acceptors (Lipinski definition) is 3. The van der Waals surface area contributed by atoms with Crippen molar-refractivity contribution in [2.75, 3.05) is 14.1 Å². The summed E-state index contributed by atoms with van der Waals surface area (Å²) in [6.07, 6.45) is 4.28. The maximum Gasteiger partial charge on any atom is 0.195 e. The Hall–Kier alpha value is -2.88. The van der Waals surface area contributed by atoms with Crippen LogP contribution in [0.5, 0.6) is 0 Å². The van der Waals surface area contributed by atoms with Gasteiger partial charge in [0.25, 0.3) is 0 Å². The maximum atomic E-state index is 13.4. The van der Waals surface area contributed by atoms with Crippen LogP contribution in [0.1, 0.15) is 32.9 Å². The van der Waals surface area contributed by atoms with Crippen LogP contribution >= 0.6 is 0 Å². The molecule has 2 aromatic rings. The molecule has 0 amide bonds. The number of nitrogens with zero attached hydrogens (tertiary/aromatic N) is 3. The summed E-state index contributed by atoms with van der Waals surface area (Å²) in [5.74, 6) is 0.0817. The van der Waals surface area contributed by atoms with Crippen LogP contribution in [-0.2, 0) is 7.05 Å². The topological polar surface area (TPSA) is 38.1 Å². The fraction of sp³-hybridized carbons (Fsp3) is 0.238. The van der Waals surface area contributed by atoms with E-state index in [4.69, 9.17) is 0 Å². The first kappa shape index (κ1) is 15.6. The number of rotatable bonds is 2. The Balaban J connectivity index is 2.07. The maximum absolute atomic E-state index is 13.4. The first-order chi connectivity index (χ1) is 11.9. The zero-order chi connectivity index (χ0) is 17.9. The number of fused-ring (bicyclic) bond motifs is 3. The Morgan fingerprint density at radius 1 is 1.04 bits per heavy atom. The molecule has 0 fully saturated rings. The van der Waals surface area contributed by atoms with Gasteiger partial charge in [-0.05, 0) is 42.7 Å². The number of carbonyl (C=O) groups is 1. The average Bonchev–Trinajstić information content (AvgIpc) is 3.12. The van der Waals surface area contributed by atoms with Crippen molar-refractivity contribution in [2.45, 2.75) is 13.8 Å². The van der Waals surface area contributed by atoms with Crippen molar-refractivity contribution in [2.24, 2.45) is 7.05 Å². The molecule has 0 radical (unpaired) electrons. The Morgan fingerprint density at radius 3 is 2.32 bits per heavy atom. The second kappa shape index (κ2) is 5.31. The molecule has 126 valence electrons. The van der Waals surface area contributed by atoms with E-state index in [9.17, 15) is 4.79 Å². The van der Waals surface area contributed by atoms with E-state index in [1.54, 1.807) is 0 Å². The molecule has 4 rings (SSSR count). The van der Waals surface area contributed by atoms with Crippen LogP contribution in [0.4, 0.5) is 0 Å². The highest BCUT2D eigenvalue weighted by Crippen LogP contribution is 2.45. The molecule has 0 N–H and O–H groups in total. The standard InChI is InChI=1S/C21H21N3O/c1-12-19(13(2)24(5)22-12)20-18-11-14(23(3)4)10-17(18)15-8-6-7-9-16(15)21(20)25/h6-11H,1-5H3. The molecule has 1 aromatic heterocycles. The highest BCUT2D eigenvalue weighted by Gasteiger charge is 2.34. The lowest BCUT2D eigenvalue weighted by Crippen LogP contribution is -2.14. The van der Waals surface area contributed by atoms with Crippen LogP contribution in [0.25, 0.3) is 11.1 Å². The number of aryl methyl sites for hydroxylation is 2. The number of aromatic nitrogens is 2. The van der Waals surface area contributed by atoms with Crippen LogP contribution in [-0.4, -0.2) is 34.6 Å². The van der Waals surface area contributed by atoms with Gasteiger partial charge in [0.1, 0.15) is 0 Å². The third-order valence-corrected chi connectivity index (χ3v) is 5.11.